The van der Waals surface area contributed by atoms with Gasteiger partial charge in [0.2, 0.25) is 35.4 Å². The van der Waals surface area contributed by atoms with E-state index in [4.69, 9.17) is 18.3 Å². The summed E-state index contributed by atoms with van der Waals surface area (Å²) in [4.78, 5) is 78.9. The van der Waals surface area contributed by atoms with Crippen LogP contribution < -0.4 is 9.47 Å². The third-order valence-electron chi connectivity index (χ3n) is 31.6. The molecule has 15 rings (SSSR count). The molecule has 5 amide bonds. The zero-order valence-electron chi connectivity index (χ0n) is 90.7. The summed E-state index contributed by atoms with van der Waals surface area (Å²) in [5.74, 6) is 7.38. The minimum absolute atomic E-state index is 0.0917. The van der Waals surface area contributed by atoms with Crippen molar-refractivity contribution in [2.75, 3.05) is 94.2 Å². The van der Waals surface area contributed by atoms with Gasteiger partial charge in [0.15, 0.2) is 49.2 Å². The van der Waals surface area contributed by atoms with Crippen molar-refractivity contribution in [1.82, 2.24) is 29.5 Å². The van der Waals surface area contributed by atoms with Crippen molar-refractivity contribution in [2.24, 2.45) is 53.3 Å². The second-order valence-electron chi connectivity index (χ2n) is 44.2. The van der Waals surface area contributed by atoms with E-state index in [1.165, 1.54) is 40.8 Å². The maximum Gasteiger partial charge on any atom is 0.227 e. The summed E-state index contributed by atoms with van der Waals surface area (Å²) in [6.07, 6.45) is 21.4. The van der Waals surface area contributed by atoms with Crippen LogP contribution in [0, 0.1) is 81.0 Å². The highest BCUT2D eigenvalue weighted by molar-refractivity contribution is 7.93. The molecule has 0 N–H and O–H groups in total. The van der Waals surface area contributed by atoms with Crippen molar-refractivity contribution < 1.29 is 84.4 Å². The van der Waals surface area contributed by atoms with Crippen LogP contribution in [-0.2, 0) is 112 Å². The third kappa shape index (κ3) is 34.5. The number of amides is 5. The minimum Gasteiger partial charge on any atom is -0.490 e. The highest BCUT2D eigenvalue weighted by Crippen LogP contribution is 2.38. The van der Waals surface area contributed by atoms with Crippen molar-refractivity contribution in [3.05, 3.63) is 195 Å². The summed E-state index contributed by atoms with van der Waals surface area (Å²) < 4.78 is 145. The predicted octanol–water partition coefficient (Wildman–Crippen LogP) is 20.5. The lowest BCUT2D eigenvalue weighted by molar-refractivity contribution is -0.133. The van der Waals surface area contributed by atoms with Gasteiger partial charge in [0.25, 0.3) is 0 Å². The Morgan fingerprint density at radius 2 is 0.796 bits per heavy atom. The molecule has 7 unspecified atom stereocenters. The summed E-state index contributed by atoms with van der Waals surface area (Å²) in [6, 6.07) is 38.3. The van der Waals surface area contributed by atoms with Gasteiger partial charge >= 0.3 is 0 Å². The Morgan fingerprint density at radius 3 is 1.18 bits per heavy atom. The molecule has 0 spiro atoms. The van der Waals surface area contributed by atoms with Crippen LogP contribution >= 0.6 is 11.3 Å². The molecular weight excluding hydrogens is 1970 g/mol. The number of rotatable bonds is 33. The van der Waals surface area contributed by atoms with E-state index >= 15 is 0 Å². The first kappa shape index (κ1) is 118. The first-order valence-electron chi connectivity index (χ1n) is 53.7. The Labute approximate surface area is 883 Å². The number of ether oxygens (including phenoxy) is 2. The topological polar surface area (TPSA) is 330 Å². The normalized spacial score (nSPS) is 20.2. The average Bonchev–Trinajstić information content (AvgIpc) is 1.66. The minimum atomic E-state index is -3.06. The van der Waals surface area contributed by atoms with Crippen molar-refractivity contribution >= 4 is 90.1 Å². The second-order valence-corrected chi connectivity index (χ2v) is 58.2. The van der Waals surface area contributed by atoms with Crippen LogP contribution in [0.4, 0.5) is 0 Å². The summed E-state index contributed by atoms with van der Waals surface area (Å²) in [7, 11) is -15.2. The number of hydrogen-bond donors (Lipinski definition) is 0. The largest absolute Gasteiger partial charge is 0.490 e. The van der Waals surface area contributed by atoms with Crippen molar-refractivity contribution in [2.45, 2.75) is 298 Å². The summed E-state index contributed by atoms with van der Waals surface area (Å²) in [5.41, 5.74) is 13.9. The first-order chi connectivity index (χ1) is 69.4. The van der Waals surface area contributed by atoms with Gasteiger partial charge in [-0.2, -0.15) is 0 Å². The smallest absolute Gasteiger partial charge is 0.227 e. The van der Waals surface area contributed by atoms with Crippen molar-refractivity contribution in [3.63, 3.8) is 0 Å². The number of carbonyl (C=O) groups excluding carboxylic acids is 5. The van der Waals surface area contributed by atoms with Crippen LogP contribution in [0.3, 0.4) is 0 Å². The number of carbonyl (C=O) groups is 5. The molecule has 3 aromatic heterocycles. The Balaban J connectivity index is 0.000000175. The lowest BCUT2D eigenvalue weighted by Gasteiger charge is -2.37. The van der Waals surface area contributed by atoms with Gasteiger partial charge in [0, 0.05) is 81.5 Å². The molecule has 2 saturated carbocycles. The molecule has 25 nitrogen and oxygen atoms in total. The lowest BCUT2D eigenvalue weighted by Crippen LogP contribution is -2.45. The summed E-state index contributed by atoms with van der Waals surface area (Å²) in [5, 5.41) is 0.470. The average molecular weight is 2140 g/mol. The number of oxazole rings is 1. The zero-order chi connectivity index (χ0) is 107. The molecule has 5 aromatic carbocycles. The standard InChI is InChI=1S/2C24H37NO4S.C23H31NO4S.C23H31NO3S2.C22H30N2O4S/c1-17(2)30(27,28)16-21-11-13-25(14-12-21)24(26)15-20-6-8-22(9-7-20)29-23-10-5-18(3)19(23)4;1-4-21-15-20(9-10-23(21)29-22-7-5-6-8-22)16-24(26)25-13-11-19(12-14-25)17-30(27,28)18(2)3;1-16(2)29(26,27)15-21-9-10-24(14-18(21)4)23(25)13-19-7-8-20(12-17(19)3)22-6-5-11-28-22;1-16(2)29(26,27)15-19-7-9-24(10-8-19)23(25)13-20-5-6-21(12-18(20)4)22-11-17(3)14-28-22;1-15(2)29(26,27)14-20-7-9-24(13-17(20)4)21(25)12-18-5-6-19(11-16(18)3)22-23-8-10-28-22/h6-9,17-19,21,23H,5,10-16H2,1-4H3;9-10,15,18-19,22H,4-8,11-14,16-17H2,1-3H3;5-8,11-12,16,18,21H,9-10,13-15H2,1-4H3;5-6,11-12,14,16,19H,7-10,13,15H2,1-4H3;5-6,8,10-11,15,17,20H,7,9,12-14H2,1-4H3. The SMILES string of the molecule is CC1CCC(Oc2ccc(CC(=O)N3CCC(CS(=O)(=O)C(C)C)CC3)cc2)C1C.CCc1cc(CC(=O)N2CCC(CS(=O)(=O)C(C)C)CC2)ccc1OC1CCCC1.Cc1cc(-c2ccco2)ccc1CC(=O)N1CCC(CS(=O)(=O)C(C)C)C(C)C1.Cc1cc(-c2ncco2)ccc1CC(=O)N1CCC(CS(=O)(=O)C(C)C)C(C)C1.Cc1csc(-c2ccc(CC(=O)N3CCC(CS(=O)(=O)C(C)C)CC3)c(C)c2)c1. The van der Waals surface area contributed by atoms with Crippen LogP contribution in [0.2, 0.25) is 0 Å². The second kappa shape index (κ2) is 53.8. The van der Waals surface area contributed by atoms with E-state index in [-0.39, 0.29) is 132 Å². The van der Waals surface area contributed by atoms with Crippen molar-refractivity contribution in [1.29, 1.82) is 0 Å². The van der Waals surface area contributed by atoms with E-state index in [9.17, 15) is 66.1 Å². The molecular formula is C116H166N6O19S6. The molecule has 7 aliphatic rings. The monoisotopic (exact) mass is 2140 g/mol. The molecule has 0 bridgehead atoms. The van der Waals surface area contributed by atoms with E-state index in [1.807, 2.05) is 123 Å². The number of aromatic nitrogens is 1. The van der Waals surface area contributed by atoms with Gasteiger partial charge in [-0.05, 0) is 368 Å². The van der Waals surface area contributed by atoms with Gasteiger partial charge in [0.05, 0.1) is 106 Å². The molecule has 5 aliphatic heterocycles. The number of thiophene rings is 1. The maximum absolute atomic E-state index is 12.9. The fourth-order valence-corrected chi connectivity index (χ4v) is 28.5. The van der Waals surface area contributed by atoms with Crippen LogP contribution in [0.5, 0.6) is 11.5 Å². The molecule has 31 heteroatoms. The van der Waals surface area contributed by atoms with Gasteiger partial charge in [-0.3, -0.25) is 24.0 Å². The predicted molar refractivity (Wildman–Crippen MR) is 591 cm³/mol. The van der Waals surface area contributed by atoms with Gasteiger partial charge in [0.1, 0.15) is 29.6 Å². The van der Waals surface area contributed by atoms with Crippen molar-refractivity contribution in [3.8, 4) is 44.7 Å². The fraction of sp³-hybridized carbons (Fsp3) is 0.603. The van der Waals surface area contributed by atoms with E-state index < -0.39 is 49.2 Å². The Hall–Kier alpha value is -9.01. The number of hydrogen-bond acceptors (Lipinski definition) is 21. The van der Waals surface area contributed by atoms with E-state index in [1.54, 1.807) is 99.3 Å². The number of sulfone groups is 5. The van der Waals surface area contributed by atoms with Gasteiger partial charge in [-0.1, -0.05) is 95.3 Å². The quantitative estimate of drug-likeness (QED) is 0.0369. The lowest BCUT2D eigenvalue weighted by atomic mass is 9.88. The van der Waals surface area contributed by atoms with E-state index in [2.05, 4.69) is 89.2 Å². The molecule has 147 heavy (non-hydrogen) atoms. The number of benzene rings is 5. The number of likely N-dealkylation sites (tertiary alicyclic amines) is 5. The molecule has 7 fully saturated rings. The third-order valence-corrected chi connectivity index (χ3v) is 44.5. The molecule has 5 saturated heterocycles. The van der Waals surface area contributed by atoms with Crippen LogP contribution in [0.1, 0.15) is 249 Å². The van der Waals surface area contributed by atoms with Crippen LogP contribution in [0.25, 0.3) is 33.2 Å². The Kier molecular flexibility index (Phi) is 43.3. The van der Waals surface area contributed by atoms with Crippen LogP contribution in [0.15, 0.2) is 148 Å². The van der Waals surface area contributed by atoms with E-state index in [0.717, 1.165) is 150 Å². The molecule has 0 radical (unpaired) electrons. The van der Waals surface area contributed by atoms with Gasteiger partial charge in [-0.15, -0.1) is 11.3 Å². The summed E-state index contributed by atoms with van der Waals surface area (Å²) in [6.45, 7) is 42.7. The molecule has 8 heterocycles. The first-order valence-corrected chi connectivity index (χ1v) is 63.2. The molecule has 8 aromatic rings. The zero-order valence-corrected chi connectivity index (χ0v) is 95.6. The highest BCUT2D eigenvalue weighted by atomic mass is 32.2. The number of nitrogens with zero attached hydrogens (tertiary/aromatic N) is 6. The highest BCUT2D eigenvalue weighted by Gasteiger charge is 2.39. The molecule has 7 atom stereocenters. The number of furan rings is 1. The molecule has 2 aliphatic carbocycles. The van der Waals surface area contributed by atoms with Gasteiger partial charge < -0.3 is 42.8 Å². The maximum atomic E-state index is 12.9. The number of piperidine rings is 5. The fourth-order valence-electron chi connectivity index (χ4n) is 20.5. The number of aryl methyl sites for hydroxylation is 5. The Morgan fingerprint density at radius 1 is 0.395 bits per heavy atom. The van der Waals surface area contributed by atoms with Crippen LogP contribution in [-0.4, -0.2) is 234 Å². The van der Waals surface area contributed by atoms with E-state index in [0.29, 0.717) is 121 Å². The Bertz CT molecular complexity index is 6090. The molecule has 810 valence electrons. The van der Waals surface area contributed by atoms with Gasteiger partial charge in [-0.25, -0.2) is 47.1 Å². The summed E-state index contributed by atoms with van der Waals surface area (Å²) >= 11 is 1.74.